The second kappa shape index (κ2) is 6.22. The first-order valence-electron chi connectivity index (χ1n) is 6.96. The molecule has 0 atom stereocenters. The van der Waals surface area contributed by atoms with E-state index in [2.05, 4.69) is 41.2 Å². The maximum atomic E-state index is 5.35. The van der Waals surface area contributed by atoms with Gasteiger partial charge in [0, 0.05) is 31.3 Å². The number of hydrogen-bond donors (Lipinski definition) is 1. The standard InChI is InChI=1S/C15H22N4O2/c1-10-8-12(21-19-10)11-9-17-14(16-6-7-20-5)18-13(11)15(2,3)4/h8-9H,6-7H2,1-5H3,(H,16,17,18). The molecule has 2 aromatic heterocycles. The second-order valence-corrected chi connectivity index (χ2v) is 5.96. The van der Waals surface area contributed by atoms with E-state index in [9.17, 15) is 0 Å². The van der Waals surface area contributed by atoms with Crippen molar-refractivity contribution in [1.29, 1.82) is 0 Å². The van der Waals surface area contributed by atoms with Crippen LogP contribution in [-0.2, 0) is 10.2 Å². The van der Waals surface area contributed by atoms with Crippen LogP contribution in [0.1, 0.15) is 32.2 Å². The zero-order chi connectivity index (χ0) is 15.5. The van der Waals surface area contributed by atoms with Gasteiger partial charge in [-0.1, -0.05) is 25.9 Å². The fourth-order valence-electron chi connectivity index (χ4n) is 1.97. The number of methoxy groups -OCH3 is 1. The summed E-state index contributed by atoms with van der Waals surface area (Å²) in [5.74, 6) is 1.29. The molecule has 1 N–H and O–H groups in total. The number of hydrogen-bond acceptors (Lipinski definition) is 6. The molecule has 0 amide bonds. The van der Waals surface area contributed by atoms with E-state index in [0.29, 0.717) is 24.9 Å². The third kappa shape index (κ3) is 3.78. The largest absolute Gasteiger partial charge is 0.383 e. The van der Waals surface area contributed by atoms with Crippen LogP contribution in [0.25, 0.3) is 11.3 Å². The third-order valence-corrected chi connectivity index (χ3v) is 2.98. The van der Waals surface area contributed by atoms with Crippen molar-refractivity contribution in [3.05, 3.63) is 23.7 Å². The van der Waals surface area contributed by atoms with E-state index in [1.54, 1.807) is 13.3 Å². The number of aryl methyl sites for hydroxylation is 1. The molecular weight excluding hydrogens is 268 g/mol. The summed E-state index contributed by atoms with van der Waals surface area (Å²) in [6, 6.07) is 1.89. The van der Waals surface area contributed by atoms with Gasteiger partial charge in [-0.2, -0.15) is 0 Å². The number of anilines is 1. The molecule has 0 spiro atoms. The highest BCUT2D eigenvalue weighted by Crippen LogP contribution is 2.31. The molecule has 0 bridgehead atoms. The van der Waals surface area contributed by atoms with Gasteiger partial charge < -0.3 is 14.6 Å². The fraction of sp³-hybridized carbons (Fsp3) is 0.533. The van der Waals surface area contributed by atoms with Crippen molar-refractivity contribution in [1.82, 2.24) is 15.1 Å². The Kier molecular flexibility index (Phi) is 4.57. The molecule has 0 aliphatic carbocycles. The van der Waals surface area contributed by atoms with E-state index in [0.717, 1.165) is 17.0 Å². The summed E-state index contributed by atoms with van der Waals surface area (Å²) >= 11 is 0. The molecule has 0 aliphatic rings. The van der Waals surface area contributed by atoms with Crippen LogP contribution in [-0.4, -0.2) is 35.4 Å². The molecule has 0 aliphatic heterocycles. The lowest BCUT2D eigenvalue weighted by molar-refractivity contribution is 0.210. The van der Waals surface area contributed by atoms with Gasteiger partial charge in [0.2, 0.25) is 5.95 Å². The van der Waals surface area contributed by atoms with Gasteiger partial charge in [-0.15, -0.1) is 0 Å². The second-order valence-electron chi connectivity index (χ2n) is 5.96. The lowest BCUT2D eigenvalue weighted by Gasteiger charge is -2.21. The smallest absolute Gasteiger partial charge is 0.222 e. The summed E-state index contributed by atoms with van der Waals surface area (Å²) < 4.78 is 10.4. The van der Waals surface area contributed by atoms with Gasteiger partial charge in [0.15, 0.2) is 5.76 Å². The molecule has 2 rings (SSSR count). The van der Waals surface area contributed by atoms with Crippen LogP contribution in [0.15, 0.2) is 16.8 Å². The van der Waals surface area contributed by atoms with E-state index in [-0.39, 0.29) is 5.41 Å². The van der Waals surface area contributed by atoms with E-state index in [1.807, 2.05) is 13.0 Å². The van der Waals surface area contributed by atoms with Crippen molar-refractivity contribution in [3.63, 3.8) is 0 Å². The molecule has 0 unspecified atom stereocenters. The zero-order valence-electron chi connectivity index (χ0n) is 13.2. The van der Waals surface area contributed by atoms with Crippen LogP contribution in [0.3, 0.4) is 0 Å². The summed E-state index contributed by atoms with van der Waals surface area (Å²) in [6.07, 6.45) is 1.78. The zero-order valence-corrected chi connectivity index (χ0v) is 13.2. The number of nitrogens with zero attached hydrogens (tertiary/aromatic N) is 3. The summed E-state index contributed by atoms with van der Waals surface area (Å²) in [4.78, 5) is 8.98. The minimum absolute atomic E-state index is 0.128. The minimum Gasteiger partial charge on any atom is -0.383 e. The third-order valence-electron chi connectivity index (χ3n) is 2.98. The molecule has 6 nitrogen and oxygen atoms in total. The fourth-order valence-corrected chi connectivity index (χ4v) is 1.97. The first kappa shape index (κ1) is 15.4. The average molecular weight is 290 g/mol. The van der Waals surface area contributed by atoms with Gasteiger partial charge in [-0.3, -0.25) is 0 Å². The van der Waals surface area contributed by atoms with Gasteiger partial charge in [0.25, 0.3) is 0 Å². The van der Waals surface area contributed by atoms with Crippen molar-refractivity contribution in [2.24, 2.45) is 0 Å². The van der Waals surface area contributed by atoms with E-state index in [1.165, 1.54) is 0 Å². The quantitative estimate of drug-likeness (QED) is 0.854. The normalized spacial score (nSPS) is 11.7. The van der Waals surface area contributed by atoms with E-state index < -0.39 is 0 Å². The van der Waals surface area contributed by atoms with Gasteiger partial charge >= 0.3 is 0 Å². The molecule has 0 saturated carbocycles. The Morgan fingerprint density at radius 1 is 1.33 bits per heavy atom. The summed E-state index contributed by atoms with van der Waals surface area (Å²) in [7, 11) is 1.67. The lowest BCUT2D eigenvalue weighted by Crippen LogP contribution is -2.18. The summed E-state index contributed by atoms with van der Waals surface area (Å²) in [5.41, 5.74) is 2.51. The van der Waals surface area contributed by atoms with Crippen LogP contribution in [0, 0.1) is 6.92 Å². The van der Waals surface area contributed by atoms with Crippen LogP contribution in [0.5, 0.6) is 0 Å². The van der Waals surface area contributed by atoms with Gasteiger partial charge in [0.05, 0.1) is 23.6 Å². The predicted octanol–water partition coefficient (Wildman–Crippen LogP) is 2.80. The van der Waals surface area contributed by atoms with Crippen LogP contribution >= 0.6 is 0 Å². The summed E-state index contributed by atoms with van der Waals surface area (Å²) in [6.45, 7) is 9.51. The lowest BCUT2D eigenvalue weighted by atomic mass is 9.88. The Morgan fingerprint density at radius 3 is 2.67 bits per heavy atom. The highest BCUT2D eigenvalue weighted by molar-refractivity contribution is 5.61. The Bertz CT molecular complexity index is 602. The molecule has 2 aromatic rings. The molecule has 6 heteroatoms. The van der Waals surface area contributed by atoms with Gasteiger partial charge in [-0.25, -0.2) is 9.97 Å². The number of rotatable bonds is 5. The average Bonchev–Trinajstić information content (AvgIpc) is 2.84. The van der Waals surface area contributed by atoms with Crippen LogP contribution < -0.4 is 5.32 Å². The minimum atomic E-state index is -0.128. The molecule has 2 heterocycles. The Labute approximate surface area is 124 Å². The maximum Gasteiger partial charge on any atom is 0.222 e. The topological polar surface area (TPSA) is 73.1 Å². The molecule has 114 valence electrons. The highest BCUT2D eigenvalue weighted by Gasteiger charge is 2.23. The number of nitrogens with one attached hydrogen (secondary N) is 1. The summed E-state index contributed by atoms with van der Waals surface area (Å²) in [5, 5.41) is 7.09. The maximum absolute atomic E-state index is 5.35. The van der Waals surface area contributed by atoms with Crippen molar-refractivity contribution in [2.75, 3.05) is 25.6 Å². The van der Waals surface area contributed by atoms with Crippen molar-refractivity contribution in [3.8, 4) is 11.3 Å². The van der Waals surface area contributed by atoms with Gasteiger partial charge in [0.1, 0.15) is 0 Å². The molecular formula is C15H22N4O2. The predicted molar refractivity (Wildman–Crippen MR) is 81.3 cm³/mol. The first-order chi connectivity index (χ1) is 9.91. The van der Waals surface area contributed by atoms with Crippen molar-refractivity contribution in [2.45, 2.75) is 33.1 Å². The molecule has 0 aromatic carbocycles. The van der Waals surface area contributed by atoms with Crippen molar-refractivity contribution >= 4 is 5.95 Å². The van der Waals surface area contributed by atoms with Gasteiger partial charge in [-0.05, 0) is 6.92 Å². The van der Waals surface area contributed by atoms with Crippen LogP contribution in [0.4, 0.5) is 5.95 Å². The molecule has 0 radical (unpaired) electrons. The molecule has 0 fully saturated rings. The Morgan fingerprint density at radius 2 is 2.10 bits per heavy atom. The Balaban J connectivity index is 2.37. The van der Waals surface area contributed by atoms with E-state index in [4.69, 9.17) is 9.26 Å². The first-order valence-corrected chi connectivity index (χ1v) is 6.96. The monoisotopic (exact) mass is 290 g/mol. The molecule has 0 saturated heterocycles. The Hall–Kier alpha value is -1.95. The van der Waals surface area contributed by atoms with Crippen LogP contribution in [0.2, 0.25) is 0 Å². The SMILES string of the molecule is COCCNc1ncc(-c2cc(C)no2)c(C(C)(C)C)n1. The number of ether oxygens (including phenoxy) is 1. The number of aromatic nitrogens is 3. The molecule has 21 heavy (non-hydrogen) atoms. The highest BCUT2D eigenvalue weighted by atomic mass is 16.5. The van der Waals surface area contributed by atoms with E-state index >= 15 is 0 Å². The van der Waals surface area contributed by atoms with Crippen molar-refractivity contribution < 1.29 is 9.26 Å².